The number of anilines is 1. The number of aromatic nitrogens is 7. The molecule has 8 nitrogen and oxygen atoms in total. The lowest BCUT2D eigenvalue weighted by molar-refractivity contribution is 0.760. The van der Waals surface area contributed by atoms with Crippen LogP contribution in [0.3, 0.4) is 0 Å². The van der Waals surface area contributed by atoms with E-state index in [1.807, 2.05) is 12.1 Å². The van der Waals surface area contributed by atoms with Gasteiger partial charge in [-0.1, -0.05) is 0 Å². The minimum atomic E-state index is 0.390. The molecule has 0 spiro atoms. The van der Waals surface area contributed by atoms with Crippen molar-refractivity contribution >= 4 is 33.6 Å². The number of rotatable bonds is 4. The van der Waals surface area contributed by atoms with Gasteiger partial charge in [0.2, 0.25) is 11.1 Å². The Kier molecular flexibility index (Phi) is 4.06. The first-order chi connectivity index (χ1) is 10.3. The number of nitrogens with one attached hydrogen (secondary N) is 1. The Morgan fingerprint density at radius 3 is 2.90 bits per heavy atom. The Hall–Kier alpha value is -2.07. The Labute approximate surface area is 132 Å². The number of hydrogen-bond acceptors (Lipinski definition) is 8. The zero-order valence-corrected chi connectivity index (χ0v) is 13.2. The molecule has 0 radical (unpaired) electrons. The summed E-state index contributed by atoms with van der Waals surface area (Å²) in [5.74, 6) is 0.839. The molecule has 3 aromatic rings. The van der Waals surface area contributed by atoms with Crippen LogP contribution in [0, 0.1) is 0 Å². The zero-order valence-electron chi connectivity index (χ0n) is 10.8. The largest absolute Gasteiger partial charge is 0.357 e. The van der Waals surface area contributed by atoms with Gasteiger partial charge < -0.3 is 5.32 Å². The van der Waals surface area contributed by atoms with Crippen molar-refractivity contribution < 1.29 is 0 Å². The molecule has 106 valence electrons. The molecule has 3 aromatic heterocycles. The van der Waals surface area contributed by atoms with Crippen molar-refractivity contribution in [2.45, 2.75) is 10.2 Å². The second kappa shape index (κ2) is 6.14. The van der Waals surface area contributed by atoms with Crippen molar-refractivity contribution in [2.75, 3.05) is 12.4 Å². The van der Waals surface area contributed by atoms with Crippen LogP contribution in [0.15, 0.2) is 45.6 Å². The molecule has 3 heterocycles. The summed E-state index contributed by atoms with van der Waals surface area (Å²) < 4.78 is 2.35. The van der Waals surface area contributed by atoms with Gasteiger partial charge in [-0.25, -0.2) is 9.97 Å². The molecule has 0 unspecified atom stereocenters. The summed E-state index contributed by atoms with van der Waals surface area (Å²) in [5, 5.41) is 8.21. The monoisotopic (exact) mass is 364 g/mol. The molecular weight excluding hydrogens is 356 g/mol. The smallest absolute Gasteiger partial charge is 0.257 e. The Morgan fingerprint density at radius 1 is 1.29 bits per heavy atom. The molecular formula is C11H9BrN8S. The van der Waals surface area contributed by atoms with Crippen LogP contribution in [0.1, 0.15) is 0 Å². The first-order valence-electron chi connectivity index (χ1n) is 5.83. The molecule has 0 aliphatic carbocycles. The number of hydrogen-bond donors (Lipinski definition) is 1. The molecule has 0 aliphatic heterocycles. The van der Waals surface area contributed by atoms with Crippen LogP contribution in [0.4, 0.5) is 5.95 Å². The lowest BCUT2D eigenvalue weighted by Crippen LogP contribution is -2.07. The Morgan fingerprint density at radius 2 is 2.19 bits per heavy atom. The van der Waals surface area contributed by atoms with Gasteiger partial charge in [-0.15, -0.1) is 0 Å². The van der Waals surface area contributed by atoms with Gasteiger partial charge in [0.15, 0.2) is 0 Å². The standard InChI is InChI=1S/C11H9BrN8S/c1-13-9-17-10(20-6-14-5-16-20)19-11(18-9)21-8-7(12)3-2-4-15-8/h2-6H,1H3,(H,13,17,18,19). The zero-order chi connectivity index (χ0) is 14.7. The molecule has 0 saturated carbocycles. The predicted molar refractivity (Wildman–Crippen MR) is 80.4 cm³/mol. The molecule has 0 aliphatic rings. The van der Waals surface area contributed by atoms with E-state index >= 15 is 0 Å². The van der Waals surface area contributed by atoms with Crippen molar-refractivity contribution in [1.82, 2.24) is 34.7 Å². The molecule has 0 aromatic carbocycles. The third kappa shape index (κ3) is 3.16. The molecule has 0 fully saturated rings. The summed E-state index contributed by atoms with van der Waals surface area (Å²) in [6, 6.07) is 3.76. The average molecular weight is 365 g/mol. The van der Waals surface area contributed by atoms with Crippen LogP contribution in [-0.2, 0) is 0 Å². The van der Waals surface area contributed by atoms with E-state index < -0.39 is 0 Å². The van der Waals surface area contributed by atoms with E-state index in [9.17, 15) is 0 Å². The normalized spacial score (nSPS) is 10.6. The molecule has 1 N–H and O–H groups in total. The third-order valence-electron chi connectivity index (χ3n) is 2.36. The first kappa shape index (κ1) is 13.9. The van der Waals surface area contributed by atoms with E-state index in [-0.39, 0.29) is 0 Å². The number of pyridine rings is 1. The summed E-state index contributed by atoms with van der Waals surface area (Å²) in [5.41, 5.74) is 0. The summed E-state index contributed by atoms with van der Waals surface area (Å²) in [4.78, 5) is 21.1. The fourth-order valence-corrected chi connectivity index (χ4v) is 2.66. The SMILES string of the molecule is CNc1nc(Sc2ncccc2Br)nc(-n2cncn2)n1. The molecule has 0 bridgehead atoms. The summed E-state index contributed by atoms with van der Waals surface area (Å²) in [7, 11) is 1.74. The topological polar surface area (TPSA) is 94.3 Å². The minimum Gasteiger partial charge on any atom is -0.357 e. The van der Waals surface area contributed by atoms with Crippen molar-refractivity contribution in [3.05, 3.63) is 35.5 Å². The summed E-state index contributed by atoms with van der Waals surface area (Å²) in [6.07, 6.45) is 4.66. The summed E-state index contributed by atoms with van der Waals surface area (Å²) >= 11 is 4.78. The van der Waals surface area contributed by atoms with Crippen LogP contribution >= 0.6 is 27.7 Å². The van der Waals surface area contributed by atoms with Crippen LogP contribution in [0.25, 0.3) is 5.95 Å². The summed E-state index contributed by atoms with van der Waals surface area (Å²) in [6.45, 7) is 0. The predicted octanol–water partition coefficient (Wildman–Crippen LogP) is 1.80. The van der Waals surface area contributed by atoms with E-state index in [0.29, 0.717) is 17.1 Å². The van der Waals surface area contributed by atoms with Gasteiger partial charge in [0.25, 0.3) is 5.95 Å². The van der Waals surface area contributed by atoms with Gasteiger partial charge in [0, 0.05) is 13.2 Å². The van der Waals surface area contributed by atoms with Crippen LogP contribution < -0.4 is 5.32 Å². The quantitative estimate of drug-likeness (QED) is 0.748. The Balaban J connectivity index is 1.99. The van der Waals surface area contributed by atoms with Crippen LogP contribution in [-0.4, -0.2) is 41.7 Å². The van der Waals surface area contributed by atoms with Crippen molar-refractivity contribution in [1.29, 1.82) is 0 Å². The lowest BCUT2D eigenvalue weighted by atomic mass is 10.5. The Bertz CT molecular complexity index is 748. The van der Waals surface area contributed by atoms with Gasteiger partial charge in [0.1, 0.15) is 17.7 Å². The molecule has 10 heteroatoms. The van der Waals surface area contributed by atoms with Gasteiger partial charge in [-0.3, -0.25) is 0 Å². The average Bonchev–Trinajstić information content (AvgIpc) is 3.04. The highest BCUT2D eigenvalue weighted by Crippen LogP contribution is 2.29. The third-order valence-corrected chi connectivity index (χ3v) is 4.15. The van der Waals surface area contributed by atoms with E-state index in [1.165, 1.54) is 29.1 Å². The minimum absolute atomic E-state index is 0.390. The van der Waals surface area contributed by atoms with E-state index in [4.69, 9.17) is 0 Å². The fraction of sp³-hybridized carbons (Fsp3) is 0.0909. The van der Waals surface area contributed by atoms with Crippen molar-refractivity contribution in [2.24, 2.45) is 0 Å². The number of halogens is 1. The lowest BCUT2D eigenvalue weighted by Gasteiger charge is -2.06. The maximum atomic E-state index is 4.36. The van der Waals surface area contributed by atoms with Gasteiger partial charge in [0.05, 0.1) is 4.47 Å². The van der Waals surface area contributed by atoms with Crippen LogP contribution in [0.5, 0.6) is 0 Å². The van der Waals surface area contributed by atoms with Gasteiger partial charge in [-0.2, -0.15) is 24.7 Å². The highest BCUT2D eigenvalue weighted by atomic mass is 79.9. The fourth-order valence-electron chi connectivity index (χ4n) is 1.45. The molecule has 0 saturated heterocycles. The molecule has 3 rings (SSSR count). The highest BCUT2D eigenvalue weighted by molar-refractivity contribution is 9.10. The van der Waals surface area contributed by atoms with Crippen molar-refractivity contribution in [3.8, 4) is 5.95 Å². The van der Waals surface area contributed by atoms with Gasteiger partial charge >= 0.3 is 0 Å². The van der Waals surface area contributed by atoms with E-state index in [1.54, 1.807) is 13.2 Å². The van der Waals surface area contributed by atoms with E-state index in [0.717, 1.165) is 9.50 Å². The second-order valence-corrected chi connectivity index (χ2v) is 5.53. The maximum Gasteiger partial charge on any atom is 0.257 e. The van der Waals surface area contributed by atoms with Gasteiger partial charge in [-0.05, 0) is 39.8 Å². The maximum absolute atomic E-state index is 4.36. The molecule has 21 heavy (non-hydrogen) atoms. The highest BCUT2D eigenvalue weighted by Gasteiger charge is 2.11. The molecule has 0 atom stereocenters. The first-order valence-corrected chi connectivity index (χ1v) is 7.44. The van der Waals surface area contributed by atoms with Crippen molar-refractivity contribution in [3.63, 3.8) is 0 Å². The van der Waals surface area contributed by atoms with E-state index in [2.05, 4.69) is 51.3 Å². The number of nitrogens with zero attached hydrogens (tertiary/aromatic N) is 7. The van der Waals surface area contributed by atoms with Crippen LogP contribution in [0.2, 0.25) is 0 Å². The second-order valence-electron chi connectivity index (χ2n) is 3.72. The molecule has 0 amide bonds.